The van der Waals surface area contributed by atoms with Crippen molar-refractivity contribution in [3.63, 3.8) is 0 Å². The van der Waals surface area contributed by atoms with E-state index in [1.165, 1.54) is 61.7 Å². The van der Waals surface area contributed by atoms with Crippen molar-refractivity contribution >= 4 is 10.8 Å². The molecule has 1 aliphatic heterocycles. The smallest absolute Gasteiger partial charge is 0.0478 e. The maximum atomic E-state index is 5.81. The molecule has 1 aliphatic rings. The molecule has 1 fully saturated rings. The predicted octanol–water partition coefficient (Wildman–Crippen LogP) is 4.67. The van der Waals surface area contributed by atoms with Crippen LogP contribution < -0.4 is 0 Å². The van der Waals surface area contributed by atoms with Crippen LogP contribution in [0.15, 0.2) is 42.5 Å². The van der Waals surface area contributed by atoms with E-state index in [4.69, 9.17) is 4.74 Å². The highest BCUT2D eigenvalue weighted by Gasteiger charge is 2.08. The van der Waals surface area contributed by atoms with E-state index in [2.05, 4.69) is 47.4 Å². The maximum Gasteiger partial charge on any atom is 0.0478 e. The molecule has 0 aliphatic carbocycles. The molecule has 2 heteroatoms. The zero-order chi connectivity index (χ0) is 15.7. The second-order valence-electron chi connectivity index (χ2n) is 6.65. The quantitative estimate of drug-likeness (QED) is 0.657. The molecule has 0 spiro atoms. The first-order chi connectivity index (χ1) is 11.4. The van der Waals surface area contributed by atoms with Crippen LogP contribution in [0.5, 0.6) is 0 Å². The molecule has 2 nitrogen and oxygen atoms in total. The lowest BCUT2D eigenvalue weighted by Crippen LogP contribution is -2.31. The molecule has 1 saturated heterocycles. The van der Waals surface area contributed by atoms with Crippen LogP contribution in [0, 0.1) is 0 Å². The third-order valence-corrected chi connectivity index (χ3v) is 4.78. The fourth-order valence-electron chi connectivity index (χ4n) is 3.45. The Morgan fingerprint density at radius 1 is 0.826 bits per heavy atom. The number of rotatable bonds is 8. The van der Waals surface area contributed by atoms with E-state index in [1.54, 1.807) is 0 Å². The van der Waals surface area contributed by atoms with E-state index >= 15 is 0 Å². The molecule has 1 heterocycles. The molecule has 0 bridgehead atoms. The number of likely N-dealkylation sites (tertiary alicyclic amines) is 1. The molecule has 124 valence electrons. The fourth-order valence-corrected chi connectivity index (χ4v) is 3.45. The molecule has 0 N–H and O–H groups in total. The van der Waals surface area contributed by atoms with Crippen LogP contribution in [0.1, 0.15) is 37.7 Å². The highest BCUT2D eigenvalue weighted by Crippen LogP contribution is 2.16. The zero-order valence-corrected chi connectivity index (χ0v) is 14.2. The summed E-state index contributed by atoms with van der Waals surface area (Å²) in [4.78, 5) is 2.59. The lowest BCUT2D eigenvalue weighted by Gasteiger charge is -2.26. The van der Waals surface area contributed by atoms with Crippen LogP contribution in [-0.4, -0.2) is 37.7 Å². The number of nitrogens with zero attached hydrogens (tertiary/aromatic N) is 1. The topological polar surface area (TPSA) is 12.5 Å². The second kappa shape index (κ2) is 9.05. The summed E-state index contributed by atoms with van der Waals surface area (Å²) in [6.07, 6.45) is 7.58. The predicted molar refractivity (Wildman–Crippen MR) is 98.0 cm³/mol. The third-order valence-electron chi connectivity index (χ3n) is 4.78. The first kappa shape index (κ1) is 16.5. The van der Waals surface area contributed by atoms with Crippen LogP contribution >= 0.6 is 0 Å². The molecule has 23 heavy (non-hydrogen) atoms. The summed E-state index contributed by atoms with van der Waals surface area (Å²) in [5, 5.41) is 2.66. The van der Waals surface area contributed by atoms with Gasteiger partial charge in [-0.05, 0) is 61.5 Å². The SMILES string of the molecule is c1ccc2cc(CCCOCCCN3CCCCC3)ccc2c1. The van der Waals surface area contributed by atoms with Crippen molar-refractivity contribution in [3.05, 3.63) is 48.0 Å². The van der Waals surface area contributed by atoms with Gasteiger partial charge in [-0.25, -0.2) is 0 Å². The second-order valence-corrected chi connectivity index (χ2v) is 6.65. The zero-order valence-electron chi connectivity index (χ0n) is 14.2. The van der Waals surface area contributed by atoms with Gasteiger partial charge in [0.25, 0.3) is 0 Å². The number of ether oxygens (including phenoxy) is 1. The molecular weight excluding hydrogens is 282 g/mol. The summed E-state index contributed by atoms with van der Waals surface area (Å²) < 4.78 is 5.81. The Kier molecular flexibility index (Phi) is 6.48. The summed E-state index contributed by atoms with van der Waals surface area (Å²) >= 11 is 0. The van der Waals surface area contributed by atoms with Gasteiger partial charge in [0.1, 0.15) is 0 Å². The Labute approximate surface area is 140 Å². The summed E-state index contributed by atoms with van der Waals surface area (Å²) in [6.45, 7) is 5.59. The van der Waals surface area contributed by atoms with Gasteiger partial charge in [-0.15, -0.1) is 0 Å². The molecule has 3 rings (SSSR count). The Morgan fingerprint density at radius 3 is 2.48 bits per heavy atom. The molecule has 0 atom stereocenters. The van der Waals surface area contributed by atoms with Crippen molar-refractivity contribution in [1.29, 1.82) is 0 Å². The Balaban J connectivity index is 1.28. The minimum absolute atomic E-state index is 0.882. The number of aryl methyl sites for hydroxylation is 1. The number of piperidine rings is 1. The lowest BCUT2D eigenvalue weighted by molar-refractivity contribution is 0.115. The van der Waals surface area contributed by atoms with Gasteiger partial charge in [-0.3, -0.25) is 0 Å². The van der Waals surface area contributed by atoms with E-state index in [0.717, 1.165) is 26.1 Å². The van der Waals surface area contributed by atoms with Crippen molar-refractivity contribution in [1.82, 2.24) is 4.90 Å². The van der Waals surface area contributed by atoms with Crippen LogP contribution in [0.3, 0.4) is 0 Å². The van der Waals surface area contributed by atoms with Crippen LogP contribution in [0.4, 0.5) is 0 Å². The van der Waals surface area contributed by atoms with Gasteiger partial charge in [0.15, 0.2) is 0 Å². The van der Waals surface area contributed by atoms with E-state index < -0.39 is 0 Å². The average Bonchev–Trinajstić information content (AvgIpc) is 2.61. The van der Waals surface area contributed by atoms with Crippen LogP contribution in [0.25, 0.3) is 10.8 Å². The minimum atomic E-state index is 0.882. The van der Waals surface area contributed by atoms with Gasteiger partial charge >= 0.3 is 0 Å². The average molecular weight is 311 g/mol. The minimum Gasteiger partial charge on any atom is -0.381 e. The summed E-state index contributed by atoms with van der Waals surface area (Å²) in [5.74, 6) is 0. The number of hydrogen-bond acceptors (Lipinski definition) is 2. The molecule has 0 radical (unpaired) electrons. The van der Waals surface area contributed by atoms with Crippen molar-refractivity contribution in [2.45, 2.75) is 38.5 Å². The van der Waals surface area contributed by atoms with Gasteiger partial charge in [-0.1, -0.05) is 48.9 Å². The maximum absolute atomic E-state index is 5.81. The molecule has 0 unspecified atom stereocenters. The highest BCUT2D eigenvalue weighted by atomic mass is 16.5. The van der Waals surface area contributed by atoms with E-state index in [9.17, 15) is 0 Å². The molecule has 2 aromatic rings. The van der Waals surface area contributed by atoms with Crippen molar-refractivity contribution in [2.24, 2.45) is 0 Å². The van der Waals surface area contributed by atoms with Gasteiger partial charge in [0, 0.05) is 19.8 Å². The van der Waals surface area contributed by atoms with Gasteiger partial charge < -0.3 is 9.64 Å². The normalized spacial score (nSPS) is 16.0. The third kappa shape index (κ3) is 5.33. The standard InChI is InChI=1S/C21H29NO/c1-4-13-22(14-5-1)15-7-17-23-16-6-8-19-11-12-20-9-2-3-10-21(20)18-19/h2-3,9-12,18H,1,4-8,13-17H2. The summed E-state index contributed by atoms with van der Waals surface area (Å²) in [7, 11) is 0. The van der Waals surface area contributed by atoms with Crippen LogP contribution in [-0.2, 0) is 11.2 Å². The molecule has 0 amide bonds. The number of benzene rings is 2. The van der Waals surface area contributed by atoms with Crippen molar-refractivity contribution in [3.8, 4) is 0 Å². The molecule has 0 saturated carbocycles. The number of hydrogen-bond donors (Lipinski definition) is 0. The first-order valence-electron chi connectivity index (χ1n) is 9.19. The Morgan fingerprint density at radius 2 is 1.61 bits per heavy atom. The highest BCUT2D eigenvalue weighted by molar-refractivity contribution is 5.82. The van der Waals surface area contributed by atoms with Gasteiger partial charge in [-0.2, -0.15) is 0 Å². The number of fused-ring (bicyclic) bond motifs is 1. The van der Waals surface area contributed by atoms with E-state index in [1.807, 2.05) is 0 Å². The monoisotopic (exact) mass is 311 g/mol. The lowest BCUT2D eigenvalue weighted by atomic mass is 10.0. The van der Waals surface area contributed by atoms with Crippen LogP contribution in [0.2, 0.25) is 0 Å². The molecule has 2 aromatic carbocycles. The summed E-state index contributed by atoms with van der Waals surface area (Å²) in [5.41, 5.74) is 1.42. The van der Waals surface area contributed by atoms with E-state index in [-0.39, 0.29) is 0 Å². The fraction of sp³-hybridized carbons (Fsp3) is 0.524. The van der Waals surface area contributed by atoms with E-state index in [0.29, 0.717) is 0 Å². The molecular formula is C21H29NO. The first-order valence-corrected chi connectivity index (χ1v) is 9.19. The molecule has 0 aromatic heterocycles. The largest absolute Gasteiger partial charge is 0.381 e. The Bertz CT molecular complexity index is 589. The van der Waals surface area contributed by atoms with Gasteiger partial charge in [0.05, 0.1) is 0 Å². The summed E-state index contributed by atoms with van der Waals surface area (Å²) in [6, 6.07) is 15.4. The van der Waals surface area contributed by atoms with Crippen molar-refractivity contribution < 1.29 is 4.74 Å². The van der Waals surface area contributed by atoms with Gasteiger partial charge in [0.2, 0.25) is 0 Å². The van der Waals surface area contributed by atoms with Crippen molar-refractivity contribution in [2.75, 3.05) is 32.8 Å². The Hall–Kier alpha value is -1.38.